The largest absolute Gasteiger partial charge is 0.342 e. The highest BCUT2D eigenvalue weighted by Crippen LogP contribution is 2.27. The molecule has 2 amide bonds. The summed E-state index contributed by atoms with van der Waals surface area (Å²) in [6, 6.07) is -0.737. The third-order valence-corrected chi connectivity index (χ3v) is 4.37. The molecule has 0 saturated carbocycles. The van der Waals surface area contributed by atoms with Crippen molar-refractivity contribution in [3.8, 4) is 0 Å². The maximum Gasteiger partial charge on any atom is 0.246 e. The van der Waals surface area contributed by atoms with E-state index in [9.17, 15) is 9.59 Å². The molecule has 1 aliphatic rings. The molecule has 1 rings (SSSR count). The fourth-order valence-corrected chi connectivity index (χ4v) is 2.49. The van der Waals surface area contributed by atoms with Gasteiger partial charge in [-0.05, 0) is 23.7 Å². The molecule has 1 heterocycles. The monoisotopic (exact) mass is 282 g/mol. The van der Waals surface area contributed by atoms with E-state index >= 15 is 0 Å². The van der Waals surface area contributed by atoms with Gasteiger partial charge in [-0.3, -0.25) is 9.59 Å². The molecule has 116 valence electrons. The van der Waals surface area contributed by atoms with E-state index in [4.69, 9.17) is 0 Å². The molecular formula is C16H30N2O2. The van der Waals surface area contributed by atoms with Gasteiger partial charge in [0.25, 0.3) is 0 Å². The van der Waals surface area contributed by atoms with Gasteiger partial charge in [-0.25, -0.2) is 0 Å². The molecule has 0 radical (unpaired) electrons. The Kier molecular flexibility index (Phi) is 5.22. The zero-order valence-electron chi connectivity index (χ0n) is 14.0. The van der Waals surface area contributed by atoms with Crippen molar-refractivity contribution in [2.24, 2.45) is 17.3 Å². The zero-order chi connectivity index (χ0) is 15.7. The van der Waals surface area contributed by atoms with E-state index in [1.54, 1.807) is 4.90 Å². The molecule has 0 spiro atoms. The van der Waals surface area contributed by atoms with Crippen LogP contribution < -0.4 is 5.32 Å². The molecule has 0 aromatic heterocycles. The van der Waals surface area contributed by atoms with E-state index in [0.717, 1.165) is 0 Å². The van der Waals surface area contributed by atoms with Crippen LogP contribution in [0.25, 0.3) is 0 Å². The molecular weight excluding hydrogens is 252 g/mol. The smallest absolute Gasteiger partial charge is 0.246 e. The Morgan fingerprint density at radius 3 is 2.15 bits per heavy atom. The van der Waals surface area contributed by atoms with Gasteiger partial charge in [-0.1, -0.05) is 48.5 Å². The van der Waals surface area contributed by atoms with E-state index in [1.807, 2.05) is 27.7 Å². The number of amides is 2. The lowest BCUT2D eigenvalue weighted by atomic mass is 9.83. The normalized spacial score (nSPS) is 25.9. The summed E-state index contributed by atoms with van der Waals surface area (Å²) in [6.45, 7) is 15.0. The molecule has 0 bridgehead atoms. The first kappa shape index (κ1) is 17.0. The first-order chi connectivity index (χ1) is 9.09. The van der Waals surface area contributed by atoms with E-state index < -0.39 is 6.04 Å². The van der Waals surface area contributed by atoms with E-state index in [-0.39, 0.29) is 23.3 Å². The third-order valence-electron chi connectivity index (χ3n) is 4.37. The zero-order valence-corrected chi connectivity index (χ0v) is 14.0. The number of carbonyl (C=O) groups is 2. The summed E-state index contributed by atoms with van der Waals surface area (Å²) in [5.41, 5.74) is -0.259. The molecule has 1 aliphatic heterocycles. The molecule has 1 fully saturated rings. The highest BCUT2D eigenvalue weighted by Gasteiger charge is 2.44. The number of carbonyl (C=O) groups excluding carboxylic acids is 2. The van der Waals surface area contributed by atoms with Gasteiger partial charge in [-0.15, -0.1) is 0 Å². The molecule has 4 heteroatoms. The van der Waals surface area contributed by atoms with Crippen LogP contribution in [0.5, 0.6) is 0 Å². The van der Waals surface area contributed by atoms with Crippen molar-refractivity contribution in [3.05, 3.63) is 0 Å². The molecule has 3 atom stereocenters. The third kappa shape index (κ3) is 3.53. The molecule has 1 saturated heterocycles. The standard InChI is InChI=1S/C16H30N2O2/c1-8-12-14(19)17-13(16(5,6)7)15(20)18(12)9-11(4)10(2)3/h10-13H,8-9H2,1-7H3,(H,17,19). The fourth-order valence-electron chi connectivity index (χ4n) is 2.49. The van der Waals surface area contributed by atoms with Crippen LogP contribution in [0, 0.1) is 17.3 Å². The Balaban J connectivity index is 3.01. The predicted octanol–water partition coefficient (Wildman–Crippen LogP) is 2.43. The maximum absolute atomic E-state index is 12.8. The summed E-state index contributed by atoms with van der Waals surface area (Å²) < 4.78 is 0. The predicted molar refractivity (Wildman–Crippen MR) is 81.2 cm³/mol. The number of hydrogen-bond acceptors (Lipinski definition) is 2. The number of nitrogens with zero attached hydrogens (tertiary/aromatic N) is 1. The van der Waals surface area contributed by atoms with Crippen molar-refractivity contribution in [2.75, 3.05) is 6.54 Å². The number of hydrogen-bond donors (Lipinski definition) is 1. The Labute approximate surface area is 123 Å². The quantitative estimate of drug-likeness (QED) is 0.861. The number of nitrogens with one attached hydrogen (secondary N) is 1. The second-order valence-corrected chi connectivity index (χ2v) is 7.44. The van der Waals surface area contributed by atoms with Crippen molar-refractivity contribution in [1.82, 2.24) is 10.2 Å². The van der Waals surface area contributed by atoms with Crippen molar-refractivity contribution < 1.29 is 9.59 Å². The van der Waals surface area contributed by atoms with Crippen LogP contribution in [-0.2, 0) is 9.59 Å². The first-order valence-electron chi connectivity index (χ1n) is 7.70. The lowest BCUT2D eigenvalue weighted by molar-refractivity contribution is -0.153. The van der Waals surface area contributed by atoms with Gasteiger partial charge in [0.15, 0.2) is 0 Å². The van der Waals surface area contributed by atoms with Crippen molar-refractivity contribution in [2.45, 2.75) is 67.0 Å². The van der Waals surface area contributed by atoms with Gasteiger partial charge in [0.2, 0.25) is 11.8 Å². The number of rotatable bonds is 4. The molecule has 3 unspecified atom stereocenters. The Morgan fingerprint density at radius 2 is 1.75 bits per heavy atom. The van der Waals surface area contributed by atoms with Crippen LogP contribution in [0.15, 0.2) is 0 Å². The van der Waals surface area contributed by atoms with Crippen molar-refractivity contribution in [3.63, 3.8) is 0 Å². The highest BCUT2D eigenvalue weighted by molar-refractivity contribution is 5.97. The Hall–Kier alpha value is -1.06. The van der Waals surface area contributed by atoms with Crippen LogP contribution in [0.3, 0.4) is 0 Å². The summed E-state index contributed by atoms with van der Waals surface area (Å²) in [5.74, 6) is 0.942. The summed E-state index contributed by atoms with van der Waals surface area (Å²) in [5, 5.41) is 2.91. The molecule has 1 N–H and O–H groups in total. The highest BCUT2D eigenvalue weighted by atomic mass is 16.2. The molecule has 4 nitrogen and oxygen atoms in total. The molecule has 0 aromatic rings. The Morgan fingerprint density at radius 1 is 1.20 bits per heavy atom. The van der Waals surface area contributed by atoms with Gasteiger partial charge < -0.3 is 10.2 Å². The minimum atomic E-state index is -0.419. The lowest BCUT2D eigenvalue weighted by Gasteiger charge is -2.44. The van der Waals surface area contributed by atoms with E-state index in [1.165, 1.54) is 0 Å². The van der Waals surface area contributed by atoms with Crippen LogP contribution in [-0.4, -0.2) is 35.3 Å². The maximum atomic E-state index is 12.8. The average Bonchev–Trinajstić information content (AvgIpc) is 2.31. The van der Waals surface area contributed by atoms with Gasteiger partial charge in [0.1, 0.15) is 12.1 Å². The minimum Gasteiger partial charge on any atom is -0.342 e. The van der Waals surface area contributed by atoms with Gasteiger partial charge in [0, 0.05) is 6.54 Å². The first-order valence-corrected chi connectivity index (χ1v) is 7.70. The average molecular weight is 282 g/mol. The second kappa shape index (κ2) is 6.15. The molecule has 20 heavy (non-hydrogen) atoms. The fraction of sp³-hybridized carbons (Fsp3) is 0.875. The van der Waals surface area contributed by atoms with Crippen molar-refractivity contribution in [1.29, 1.82) is 0 Å². The van der Waals surface area contributed by atoms with Gasteiger partial charge in [0.05, 0.1) is 0 Å². The minimum absolute atomic E-state index is 0.0111. The number of piperazine rings is 1. The van der Waals surface area contributed by atoms with E-state index in [0.29, 0.717) is 24.8 Å². The van der Waals surface area contributed by atoms with Gasteiger partial charge >= 0.3 is 0 Å². The SMILES string of the molecule is CCC1C(=O)NC(C(C)(C)C)C(=O)N1CC(C)C(C)C. The van der Waals surface area contributed by atoms with Crippen LogP contribution in [0.4, 0.5) is 0 Å². The van der Waals surface area contributed by atoms with Crippen molar-refractivity contribution >= 4 is 11.8 Å². The summed E-state index contributed by atoms with van der Waals surface area (Å²) in [4.78, 5) is 26.8. The second-order valence-electron chi connectivity index (χ2n) is 7.44. The summed E-state index contributed by atoms with van der Waals surface area (Å²) >= 11 is 0. The van der Waals surface area contributed by atoms with Crippen LogP contribution in [0.1, 0.15) is 54.9 Å². The molecule has 0 aliphatic carbocycles. The topological polar surface area (TPSA) is 49.4 Å². The lowest BCUT2D eigenvalue weighted by Crippen LogP contribution is -2.67. The van der Waals surface area contributed by atoms with Crippen LogP contribution >= 0.6 is 0 Å². The summed E-state index contributed by atoms with van der Waals surface area (Å²) in [7, 11) is 0. The van der Waals surface area contributed by atoms with E-state index in [2.05, 4.69) is 26.1 Å². The molecule has 0 aromatic carbocycles. The Bertz CT molecular complexity index is 371. The summed E-state index contributed by atoms with van der Waals surface area (Å²) in [6.07, 6.45) is 0.666. The van der Waals surface area contributed by atoms with Crippen LogP contribution in [0.2, 0.25) is 0 Å². The van der Waals surface area contributed by atoms with Gasteiger partial charge in [-0.2, -0.15) is 0 Å².